The van der Waals surface area contributed by atoms with E-state index in [9.17, 15) is 13.2 Å². The Balaban J connectivity index is 2.37. The lowest BCUT2D eigenvalue weighted by Gasteiger charge is -2.31. The Morgan fingerprint density at radius 2 is 1.71 bits per heavy atom. The molecule has 1 amide bonds. The average Bonchev–Trinajstić information content (AvgIpc) is 2.73. The third kappa shape index (κ3) is 5.91. The fraction of sp³-hybridized carbons (Fsp3) is 0.435. The van der Waals surface area contributed by atoms with E-state index in [1.165, 1.54) is 4.31 Å². The Bertz CT molecular complexity index is 1010. The number of methoxy groups -OCH3 is 2. The molecule has 2 aromatic carbocycles. The fourth-order valence-corrected chi connectivity index (χ4v) is 4.79. The van der Waals surface area contributed by atoms with Crippen molar-refractivity contribution in [3.05, 3.63) is 53.6 Å². The number of benzene rings is 2. The highest BCUT2D eigenvalue weighted by molar-refractivity contribution is 7.92. The lowest BCUT2D eigenvalue weighted by Crippen LogP contribution is -2.50. The molecular formula is C23H32N2O5S. The van der Waals surface area contributed by atoms with Crippen LogP contribution < -0.4 is 19.1 Å². The molecule has 7 nitrogen and oxygen atoms in total. The quantitative estimate of drug-likeness (QED) is 0.597. The molecule has 0 heterocycles. The highest BCUT2D eigenvalue weighted by Crippen LogP contribution is 2.31. The van der Waals surface area contributed by atoms with Gasteiger partial charge in [-0.1, -0.05) is 32.0 Å². The van der Waals surface area contributed by atoms with Crippen LogP contribution in [0.15, 0.2) is 42.5 Å². The van der Waals surface area contributed by atoms with Crippen LogP contribution in [0.4, 0.5) is 5.69 Å². The maximum atomic E-state index is 13.3. The van der Waals surface area contributed by atoms with E-state index >= 15 is 0 Å². The number of hydrogen-bond donors (Lipinski definition) is 1. The van der Waals surface area contributed by atoms with Crippen molar-refractivity contribution in [3.63, 3.8) is 0 Å². The molecule has 0 saturated heterocycles. The van der Waals surface area contributed by atoms with Crippen molar-refractivity contribution in [3.8, 4) is 11.5 Å². The molecule has 0 radical (unpaired) electrons. The molecule has 0 aliphatic rings. The number of ether oxygens (including phenoxy) is 2. The van der Waals surface area contributed by atoms with Crippen molar-refractivity contribution in [1.29, 1.82) is 0 Å². The van der Waals surface area contributed by atoms with Crippen LogP contribution in [0.1, 0.15) is 43.9 Å². The highest BCUT2D eigenvalue weighted by Gasteiger charge is 2.32. The largest absolute Gasteiger partial charge is 0.493 e. The summed E-state index contributed by atoms with van der Waals surface area (Å²) in [6.45, 7) is 5.64. The zero-order valence-electron chi connectivity index (χ0n) is 19.0. The summed E-state index contributed by atoms with van der Waals surface area (Å²) in [5, 5.41) is 3.02. The van der Waals surface area contributed by atoms with Crippen LogP contribution in [-0.2, 0) is 14.8 Å². The summed E-state index contributed by atoms with van der Waals surface area (Å²) in [6, 6.07) is 11.4. The van der Waals surface area contributed by atoms with Crippen molar-refractivity contribution in [1.82, 2.24) is 5.32 Å². The van der Waals surface area contributed by atoms with Gasteiger partial charge >= 0.3 is 0 Å². The van der Waals surface area contributed by atoms with Gasteiger partial charge < -0.3 is 14.8 Å². The molecule has 31 heavy (non-hydrogen) atoms. The summed E-state index contributed by atoms with van der Waals surface area (Å²) in [4.78, 5) is 13.3. The number of aryl methyl sites for hydroxylation is 1. The number of rotatable bonds is 10. The van der Waals surface area contributed by atoms with E-state index in [0.29, 0.717) is 30.0 Å². The summed E-state index contributed by atoms with van der Waals surface area (Å²) in [5.41, 5.74) is 2.24. The first-order valence-electron chi connectivity index (χ1n) is 10.2. The van der Waals surface area contributed by atoms with Gasteiger partial charge in [-0.05, 0) is 55.2 Å². The lowest BCUT2D eigenvalue weighted by atomic mass is 10.0. The van der Waals surface area contributed by atoms with Crippen LogP contribution in [0.5, 0.6) is 11.5 Å². The van der Waals surface area contributed by atoms with E-state index in [1.807, 2.05) is 32.0 Å². The second-order valence-electron chi connectivity index (χ2n) is 7.41. The zero-order chi connectivity index (χ0) is 23.2. The first-order chi connectivity index (χ1) is 14.7. The third-order valence-electron chi connectivity index (χ3n) is 5.12. The number of nitrogens with one attached hydrogen (secondary N) is 1. The summed E-state index contributed by atoms with van der Waals surface area (Å²) in [5.74, 6) is 0.815. The van der Waals surface area contributed by atoms with Gasteiger partial charge in [0.05, 0.1) is 32.2 Å². The van der Waals surface area contributed by atoms with Gasteiger partial charge in [0.1, 0.15) is 6.04 Å². The monoisotopic (exact) mass is 448 g/mol. The number of carbonyl (C=O) groups excluding carboxylic acids is 1. The van der Waals surface area contributed by atoms with Crippen LogP contribution in [0, 0.1) is 6.92 Å². The maximum Gasteiger partial charge on any atom is 0.244 e. The molecular weight excluding hydrogens is 416 g/mol. The molecule has 1 N–H and O–H groups in total. The minimum absolute atomic E-state index is 0.305. The zero-order valence-corrected chi connectivity index (χ0v) is 19.8. The number of anilines is 1. The number of hydrogen-bond acceptors (Lipinski definition) is 5. The van der Waals surface area contributed by atoms with E-state index < -0.39 is 16.1 Å². The number of amides is 1. The van der Waals surface area contributed by atoms with Crippen molar-refractivity contribution in [2.45, 2.75) is 45.7 Å². The molecule has 0 aliphatic heterocycles. The molecule has 170 valence electrons. The SMILES string of the molecule is CC[C@H](NC(=O)[C@@H](CC)N(c1cccc(C)c1)S(C)(=O)=O)c1ccc(OC)c(OC)c1. The minimum Gasteiger partial charge on any atom is -0.493 e. The smallest absolute Gasteiger partial charge is 0.244 e. The van der Waals surface area contributed by atoms with Gasteiger partial charge in [-0.3, -0.25) is 9.10 Å². The Labute approximate surface area is 185 Å². The lowest BCUT2D eigenvalue weighted by molar-refractivity contribution is -0.123. The molecule has 0 fully saturated rings. The Morgan fingerprint density at radius 1 is 1.03 bits per heavy atom. The van der Waals surface area contributed by atoms with Crippen LogP contribution >= 0.6 is 0 Å². The van der Waals surface area contributed by atoms with Crippen LogP contribution in [-0.4, -0.2) is 40.8 Å². The van der Waals surface area contributed by atoms with E-state index in [-0.39, 0.29) is 11.9 Å². The third-order valence-corrected chi connectivity index (χ3v) is 6.30. The van der Waals surface area contributed by atoms with E-state index in [0.717, 1.165) is 17.4 Å². The number of sulfonamides is 1. The van der Waals surface area contributed by atoms with Gasteiger partial charge in [0.15, 0.2) is 11.5 Å². The second-order valence-corrected chi connectivity index (χ2v) is 9.27. The predicted octanol–water partition coefficient (Wildman–Crippen LogP) is 3.82. The van der Waals surface area contributed by atoms with Crippen molar-refractivity contribution >= 4 is 21.6 Å². The Hall–Kier alpha value is -2.74. The first-order valence-corrected chi connectivity index (χ1v) is 12.1. The van der Waals surface area contributed by atoms with Gasteiger partial charge in [-0.15, -0.1) is 0 Å². The number of carbonyl (C=O) groups is 1. The maximum absolute atomic E-state index is 13.3. The summed E-state index contributed by atoms with van der Waals surface area (Å²) >= 11 is 0. The van der Waals surface area contributed by atoms with E-state index in [1.54, 1.807) is 45.4 Å². The highest BCUT2D eigenvalue weighted by atomic mass is 32.2. The molecule has 2 rings (SSSR count). The molecule has 0 unspecified atom stereocenters. The van der Waals surface area contributed by atoms with Gasteiger partial charge in [-0.25, -0.2) is 8.42 Å². The van der Waals surface area contributed by atoms with Crippen LogP contribution in [0.3, 0.4) is 0 Å². The Morgan fingerprint density at radius 3 is 2.23 bits per heavy atom. The molecule has 0 saturated carbocycles. The normalized spacial score (nSPS) is 13.2. The molecule has 0 spiro atoms. The molecule has 2 atom stereocenters. The van der Waals surface area contributed by atoms with Crippen LogP contribution in [0.2, 0.25) is 0 Å². The summed E-state index contributed by atoms with van der Waals surface area (Å²) in [7, 11) is -0.563. The first kappa shape index (κ1) is 24.5. The molecule has 0 aliphatic carbocycles. The molecule has 8 heteroatoms. The summed E-state index contributed by atoms with van der Waals surface area (Å²) in [6.07, 6.45) is 2.08. The second kappa shape index (κ2) is 10.5. The summed E-state index contributed by atoms with van der Waals surface area (Å²) < 4.78 is 37.1. The van der Waals surface area contributed by atoms with Crippen molar-refractivity contribution < 1.29 is 22.7 Å². The van der Waals surface area contributed by atoms with Crippen molar-refractivity contribution in [2.75, 3.05) is 24.8 Å². The van der Waals surface area contributed by atoms with Gasteiger partial charge in [0.25, 0.3) is 0 Å². The fourth-order valence-electron chi connectivity index (χ4n) is 3.58. The van der Waals surface area contributed by atoms with Gasteiger partial charge in [0.2, 0.25) is 15.9 Å². The van der Waals surface area contributed by atoms with Gasteiger partial charge in [0, 0.05) is 0 Å². The number of nitrogens with zero attached hydrogens (tertiary/aromatic N) is 1. The average molecular weight is 449 g/mol. The predicted molar refractivity (Wildman–Crippen MR) is 123 cm³/mol. The Kier molecular flexibility index (Phi) is 8.33. The standard InChI is InChI=1S/C23H32N2O5S/c1-7-19(17-12-13-21(29-4)22(15-17)30-5)24-23(26)20(8-2)25(31(6,27)28)18-11-9-10-16(3)14-18/h9-15,19-20H,7-8H2,1-6H3,(H,24,26)/t19-,20+/m0/s1. The van der Waals surface area contributed by atoms with Crippen LogP contribution in [0.25, 0.3) is 0 Å². The van der Waals surface area contributed by atoms with Crippen molar-refractivity contribution in [2.24, 2.45) is 0 Å². The molecule has 0 aromatic heterocycles. The molecule has 2 aromatic rings. The van der Waals surface area contributed by atoms with Gasteiger partial charge in [-0.2, -0.15) is 0 Å². The molecule has 0 bridgehead atoms. The minimum atomic E-state index is -3.68. The van der Waals surface area contributed by atoms with E-state index in [4.69, 9.17) is 9.47 Å². The topological polar surface area (TPSA) is 84.9 Å². The van der Waals surface area contributed by atoms with E-state index in [2.05, 4.69) is 5.32 Å².